The minimum Gasteiger partial charge on any atom is -0.480 e. The molecule has 0 aliphatic carbocycles. The van der Waals surface area contributed by atoms with Crippen molar-refractivity contribution in [2.24, 2.45) is 5.73 Å². The number of nitrogens with two attached hydrogens (primary N) is 1. The van der Waals surface area contributed by atoms with E-state index in [1.165, 1.54) is 25.7 Å². The van der Waals surface area contributed by atoms with Crippen LogP contribution in [-0.4, -0.2) is 60.5 Å². The van der Waals surface area contributed by atoms with Crippen LogP contribution in [-0.2, 0) is 32.7 Å². The van der Waals surface area contributed by atoms with Gasteiger partial charge >= 0.3 is 19.8 Å². The largest absolute Gasteiger partial charge is 0.480 e. The van der Waals surface area contributed by atoms with Gasteiger partial charge in [-0.1, -0.05) is 113 Å². The number of phosphoric acid groups is 1. The normalized spacial score (nSPS) is 14.9. The van der Waals surface area contributed by atoms with E-state index in [1.807, 2.05) is 0 Å². The van der Waals surface area contributed by atoms with Crippen LogP contribution in [0.4, 0.5) is 0 Å². The summed E-state index contributed by atoms with van der Waals surface area (Å²) in [5.74, 6) is -1.82. The Kier molecular flexibility index (Phi) is 32.5. The van der Waals surface area contributed by atoms with Crippen molar-refractivity contribution in [1.29, 1.82) is 0 Å². The molecule has 49 heavy (non-hydrogen) atoms. The van der Waals surface area contributed by atoms with Crippen LogP contribution >= 0.6 is 7.82 Å². The van der Waals surface area contributed by atoms with E-state index >= 15 is 0 Å². The summed E-state index contributed by atoms with van der Waals surface area (Å²) < 4.78 is 33.1. The summed E-state index contributed by atoms with van der Waals surface area (Å²) in [5, 5.41) is 8.85. The minimum atomic E-state index is -4.62. The highest BCUT2D eigenvalue weighted by Gasteiger charge is 2.27. The molecule has 3 atom stereocenters. The second kappa shape index (κ2) is 34.1. The van der Waals surface area contributed by atoms with Crippen LogP contribution < -0.4 is 5.73 Å². The van der Waals surface area contributed by atoms with Gasteiger partial charge in [-0.25, -0.2) is 4.57 Å². The molecule has 4 N–H and O–H groups in total. The molecule has 0 radical (unpaired) electrons. The van der Waals surface area contributed by atoms with Crippen LogP contribution in [0.3, 0.4) is 0 Å². The summed E-state index contributed by atoms with van der Waals surface area (Å²) in [6.45, 7) is 3.60. The fourth-order valence-corrected chi connectivity index (χ4v) is 5.20. The first-order valence-corrected chi connectivity index (χ1v) is 19.8. The fourth-order valence-electron chi connectivity index (χ4n) is 4.42. The third kappa shape index (κ3) is 33.9. The molecule has 11 heteroatoms. The SMILES string of the molecule is CC/C=C\C/C=C\C/C=C\CCCCCC(=O)OC(COCCCCCCCC/C=C\C/C=C\CCC)COP(=O)(O)OCC(N)C(=O)O. The number of esters is 1. The van der Waals surface area contributed by atoms with Gasteiger partial charge in [0.25, 0.3) is 0 Å². The summed E-state index contributed by atoms with van der Waals surface area (Å²) in [6.07, 6.45) is 38.5. The lowest BCUT2D eigenvalue weighted by atomic mass is 10.1. The van der Waals surface area contributed by atoms with E-state index in [0.29, 0.717) is 13.0 Å². The van der Waals surface area contributed by atoms with Crippen molar-refractivity contribution in [2.45, 2.75) is 142 Å². The van der Waals surface area contributed by atoms with Crippen molar-refractivity contribution in [3.63, 3.8) is 0 Å². The van der Waals surface area contributed by atoms with E-state index in [1.54, 1.807) is 0 Å². The van der Waals surface area contributed by atoms with Crippen molar-refractivity contribution in [2.75, 3.05) is 26.4 Å². The van der Waals surface area contributed by atoms with Crippen molar-refractivity contribution < 1.29 is 42.7 Å². The molecule has 0 aromatic carbocycles. The second-order valence-corrected chi connectivity index (χ2v) is 13.4. The summed E-state index contributed by atoms with van der Waals surface area (Å²) >= 11 is 0. The Hall–Kier alpha value is -2.33. The topological polar surface area (TPSA) is 155 Å². The van der Waals surface area contributed by atoms with Gasteiger partial charge in [-0.3, -0.25) is 18.6 Å². The van der Waals surface area contributed by atoms with Crippen molar-refractivity contribution in [1.82, 2.24) is 0 Å². The Morgan fingerprint density at radius 2 is 1.18 bits per heavy atom. The van der Waals surface area contributed by atoms with Gasteiger partial charge in [-0.15, -0.1) is 0 Å². The number of phosphoric ester groups is 1. The molecule has 0 bridgehead atoms. The van der Waals surface area contributed by atoms with E-state index in [0.717, 1.165) is 77.0 Å². The zero-order valence-corrected chi connectivity index (χ0v) is 31.2. The molecule has 0 amide bonds. The highest BCUT2D eigenvalue weighted by atomic mass is 31.2. The second-order valence-electron chi connectivity index (χ2n) is 12.0. The van der Waals surface area contributed by atoms with Crippen LogP contribution in [0.25, 0.3) is 0 Å². The Labute approximate surface area is 296 Å². The highest BCUT2D eigenvalue weighted by Crippen LogP contribution is 2.43. The average molecular weight is 712 g/mol. The monoisotopic (exact) mass is 711 g/mol. The number of ether oxygens (including phenoxy) is 2. The number of carboxylic acid groups (broad SMARTS) is 1. The van der Waals surface area contributed by atoms with Crippen LogP contribution in [0.1, 0.15) is 129 Å². The molecule has 3 unspecified atom stereocenters. The van der Waals surface area contributed by atoms with Gasteiger partial charge in [0.1, 0.15) is 12.1 Å². The van der Waals surface area contributed by atoms with E-state index < -0.39 is 45.1 Å². The Balaban J connectivity index is 4.41. The smallest absolute Gasteiger partial charge is 0.472 e. The van der Waals surface area contributed by atoms with E-state index in [4.69, 9.17) is 24.8 Å². The molecule has 0 aliphatic heterocycles. The number of unbranched alkanes of at least 4 members (excludes halogenated alkanes) is 10. The molecule has 0 heterocycles. The van der Waals surface area contributed by atoms with Crippen molar-refractivity contribution >= 4 is 19.8 Å². The van der Waals surface area contributed by atoms with Crippen molar-refractivity contribution in [3.05, 3.63) is 60.8 Å². The summed E-state index contributed by atoms with van der Waals surface area (Å²) in [5.41, 5.74) is 5.33. The Morgan fingerprint density at radius 3 is 1.78 bits per heavy atom. The molecule has 0 aliphatic rings. The third-order valence-electron chi connectivity index (χ3n) is 7.26. The first-order valence-electron chi connectivity index (χ1n) is 18.3. The lowest BCUT2D eigenvalue weighted by molar-refractivity contribution is -0.154. The maximum atomic E-state index is 12.5. The summed E-state index contributed by atoms with van der Waals surface area (Å²) in [4.78, 5) is 33.3. The molecular formula is C38H66NO9P. The lowest BCUT2D eigenvalue weighted by Crippen LogP contribution is -2.34. The number of carboxylic acids is 1. The van der Waals surface area contributed by atoms with Gasteiger partial charge < -0.3 is 25.2 Å². The Bertz CT molecular complexity index is 1010. The quantitative estimate of drug-likeness (QED) is 0.0255. The fraction of sp³-hybridized carbons (Fsp3) is 0.684. The maximum absolute atomic E-state index is 12.5. The molecule has 0 spiro atoms. The van der Waals surface area contributed by atoms with Crippen LogP contribution in [0.15, 0.2) is 60.8 Å². The zero-order valence-electron chi connectivity index (χ0n) is 30.3. The lowest BCUT2D eigenvalue weighted by Gasteiger charge is -2.20. The molecule has 10 nitrogen and oxygen atoms in total. The zero-order chi connectivity index (χ0) is 36.3. The maximum Gasteiger partial charge on any atom is 0.472 e. The van der Waals surface area contributed by atoms with Crippen LogP contribution in [0.5, 0.6) is 0 Å². The molecular weight excluding hydrogens is 645 g/mol. The number of hydrogen-bond donors (Lipinski definition) is 3. The first-order chi connectivity index (χ1) is 23.7. The van der Waals surface area contributed by atoms with Gasteiger partial charge in [0, 0.05) is 13.0 Å². The number of allylic oxidation sites excluding steroid dienone is 10. The summed E-state index contributed by atoms with van der Waals surface area (Å²) in [6, 6.07) is -1.48. The van der Waals surface area contributed by atoms with Gasteiger partial charge in [0.05, 0.1) is 19.8 Å². The van der Waals surface area contributed by atoms with Gasteiger partial charge in [-0.2, -0.15) is 0 Å². The van der Waals surface area contributed by atoms with Crippen LogP contribution in [0, 0.1) is 0 Å². The molecule has 0 aromatic rings. The molecule has 0 fully saturated rings. The first kappa shape index (κ1) is 46.7. The number of hydrogen-bond acceptors (Lipinski definition) is 8. The molecule has 0 rings (SSSR count). The van der Waals surface area contributed by atoms with E-state index in [9.17, 15) is 19.0 Å². The van der Waals surface area contributed by atoms with E-state index in [2.05, 4.69) is 79.1 Å². The van der Waals surface area contributed by atoms with Crippen LogP contribution in [0.2, 0.25) is 0 Å². The van der Waals surface area contributed by atoms with Gasteiger partial charge in [-0.05, 0) is 70.6 Å². The molecule has 0 saturated carbocycles. The highest BCUT2D eigenvalue weighted by molar-refractivity contribution is 7.47. The predicted octanol–water partition coefficient (Wildman–Crippen LogP) is 9.30. The average Bonchev–Trinajstić information content (AvgIpc) is 3.07. The number of carbonyl (C=O) groups is 2. The van der Waals surface area contributed by atoms with Gasteiger partial charge in [0.15, 0.2) is 0 Å². The number of aliphatic carboxylic acids is 1. The van der Waals surface area contributed by atoms with E-state index in [-0.39, 0.29) is 13.0 Å². The molecule has 0 aromatic heterocycles. The molecule has 282 valence electrons. The standard InChI is InChI=1S/C38H66NO9P/c1-3-5-7-9-11-13-15-17-19-21-23-25-27-29-31-45-32-35(33-46-49(43,44)47-34-36(39)38(41)42)48-37(40)30-28-26-24-22-20-18-16-14-12-10-8-6-4-2/h6-9,12-15,18,20,35-36H,3-5,10-11,16-17,19,21-34,39H2,1-2H3,(H,41,42)(H,43,44)/b8-6-,9-7-,14-12-,15-13-,20-18-. The van der Waals surface area contributed by atoms with Gasteiger partial charge in [0.2, 0.25) is 0 Å². The summed E-state index contributed by atoms with van der Waals surface area (Å²) in [7, 11) is -4.62. The third-order valence-corrected chi connectivity index (χ3v) is 8.21. The minimum absolute atomic E-state index is 0.00548. The molecule has 0 saturated heterocycles. The number of rotatable bonds is 34. The Morgan fingerprint density at radius 1 is 0.673 bits per heavy atom. The predicted molar refractivity (Wildman–Crippen MR) is 198 cm³/mol. The van der Waals surface area contributed by atoms with Crippen molar-refractivity contribution in [3.8, 4) is 0 Å². The number of carbonyl (C=O) groups excluding carboxylic acids is 1.